The van der Waals surface area contributed by atoms with Gasteiger partial charge in [0.05, 0.1) is 17.1 Å². The molecule has 34 heavy (non-hydrogen) atoms. The van der Waals surface area contributed by atoms with Gasteiger partial charge in [-0.15, -0.1) is 0 Å². The number of ether oxygens (including phenoxy) is 1. The molecule has 0 unspecified atom stereocenters. The molecule has 172 valence electrons. The molecule has 0 radical (unpaired) electrons. The zero-order valence-corrected chi connectivity index (χ0v) is 19.5. The number of rotatable bonds is 6. The predicted molar refractivity (Wildman–Crippen MR) is 137 cm³/mol. The second kappa shape index (κ2) is 10.0. The predicted octanol–water partition coefficient (Wildman–Crippen LogP) is 6.21. The first kappa shape index (κ1) is 22.1. The quantitative estimate of drug-likeness (QED) is 0.327. The lowest BCUT2D eigenvalue weighted by atomic mass is 9.88. The van der Waals surface area contributed by atoms with Crippen molar-refractivity contribution in [2.24, 2.45) is 5.10 Å². The topological polar surface area (TPSA) is 56.5 Å². The van der Waals surface area contributed by atoms with Crippen molar-refractivity contribution in [3.63, 3.8) is 0 Å². The molecule has 3 aromatic carbocycles. The molecule has 0 atom stereocenters. The SMILES string of the molecule is Cc1ccc(COc2ccccc2C=Nn2c(C3CCCCC3)nc3ccccc3c2=O)cc1. The summed E-state index contributed by atoms with van der Waals surface area (Å²) in [5, 5.41) is 5.25. The molecule has 1 aliphatic rings. The van der Waals surface area contributed by atoms with Gasteiger partial charge in [-0.1, -0.05) is 73.4 Å². The first-order chi connectivity index (χ1) is 16.7. The fourth-order valence-corrected chi connectivity index (χ4v) is 4.56. The van der Waals surface area contributed by atoms with E-state index in [1.165, 1.54) is 16.7 Å². The zero-order chi connectivity index (χ0) is 23.3. The molecule has 0 spiro atoms. The Morgan fingerprint density at radius 2 is 1.71 bits per heavy atom. The maximum atomic E-state index is 13.4. The van der Waals surface area contributed by atoms with Crippen LogP contribution >= 0.6 is 0 Å². The van der Waals surface area contributed by atoms with Crippen LogP contribution in [0.25, 0.3) is 10.9 Å². The first-order valence-electron chi connectivity index (χ1n) is 12.0. The molecule has 0 aliphatic heterocycles. The number of aryl methyl sites for hydroxylation is 1. The van der Waals surface area contributed by atoms with E-state index in [0.29, 0.717) is 12.0 Å². The summed E-state index contributed by atoms with van der Waals surface area (Å²) in [5.74, 6) is 1.74. The largest absolute Gasteiger partial charge is 0.488 e. The van der Waals surface area contributed by atoms with Gasteiger partial charge >= 0.3 is 0 Å². The molecule has 0 amide bonds. The average molecular weight is 452 g/mol. The van der Waals surface area contributed by atoms with Gasteiger partial charge in [0.2, 0.25) is 0 Å². The van der Waals surface area contributed by atoms with Crippen LogP contribution in [0.1, 0.15) is 60.5 Å². The van der Waals surface area contributed by atoms with Crippen molar-refractivity contribution in [1.29, 1.82) is 0 Å². The van der Waals surface area contributed by atoms with Crippen molar-refractivity contribution in [2.75, 3.05) is 0 Å². The fraction of sp³-hybridized carbons (Fsp3) is 0.276. The van der Waals surface area contributed by atoms with E-state index in [1.807, 2.05) is 48.5 Å². The van der Waals surface area contributed by atoms with Crippen LogP contribution in [-0.2, 0) is 6.61 Å². The van der Waals surface area contributed by atoms with E-state index in [0.717, 1.165) is 53.9 Å². The van der Waals surface area contributed by atoms with E-state index in [-0.39, 0.29) is 11.5 Å². The van der Waals surface area contributed by atoms with Gasteiger partial charge in [-0.25, -0.2) is 4.98 Å². The lowest BCUT2D eigenvalue weighted by molar-refractivity contribution is 0.306. The monoisotopic (exact) mass is 451 g/mol. The summed E-state index contributed by atoms with van der Waals surface area (Å²) >= 11 is 0. The number of hydrogen-bond donors (Lipinski definition) is 0. The molecule has 0 bridgehead atoms. The van der Waals surface area contributed by atoms with E-state index in [2.05, 4.69) is 36.3 Å². The van der Waals surface area contributed by atoms with Gasteiger partial charge in [-0.05, 0) is 49.6 Å². The van der Waals surface area contributed by atoms with Crippen LogP contribution in [0.3, 0.4) is 0 Å². The highest BCUT2D eigenvalue weighted by atomic mass is 16.5. The highest BCUT2D eigenvalue weighted by molar-refractivity contribution is 5.83. The Labute approximate surface area is 199 Å². The fourth-order valence-electron chi connectivity index (χ4n) is 4.56. The molecule has 1 fully saturated rings. The van der Waals surface area contributed by atoms with Gasteiger partial charge in [0.1, 0.15) is 18.2 Å². The zero-order valence-electron chi connectivity index (χ0n) is 19.5. The summed E-state index contributed by atoms with van der Waals surface area (Å²) in [6.45, 7) is 2.54. The van der Waals surface area contributed by atoms with Gasteiger partial charge in [0.25, 0.3) is 5.56 Å². The van der Waals surface area contributed by atoms with Crippen molar-refractivity contribution in [3.8, 4) is 5.75 Å². The number of hydrogen-bond acceptors (Lipinski definition) is 4. The van der Waals surface area contributed by atoms with Crippen molar-refractivity contribution in [3.05, 3.63) is 106 Å². The number of aromatic nitrogens is 2. The van der Waals surface area contributed by atoms with Crippen molar-refractivity contribution >= 4 is 17.1 Å². The average Bonchev–Trinajstić information content (AvgIpc) is 2.89. The molecule has 1 heterocycles. The minimum atomic E-state index is -0.125. The third-order valence-corrected chi connectivity index (χ3v) is 6.50. The highest BCUT2D eigenvalue weighted by Crippen LogP contribution is 2.31. The lowest BCUT2D eigenvalue weighted by Gasteiger charge is -2.22. The number of benzene rings is 3. The molecule has 1 saturated carbocycles. The third-order valence-electron chi connectivity index (χ3n) is 6.50. The normalized spacial score (nSPS) is 14.6. The molecule has 0 saturated heterocycles. The second-order valence-electron chi connectivity index (χ2n) is 9.00. The van der Waals surface area contributed by atoms with Crippen LogP contribution in [0.4, 0.5) is 0 Å². The van der Waals surface area contributed by atoms with Crippen LogP contribution < -0.4 is 10.3 Å². The Morgan fingerprint density at radius 3 is 2.53 bits per heavy atom. The molecule has 1 aromatic heterocycles. The third kappa shape index (κ3) is 4.79. The molecular formula is C29H29N3O2. The van der Waals surface area contributed by atoms with E-state index in [9.17, 15) is 4.79 Å². The molecule has 0 N–H and O–H groups in total. The summed E-state index contributed by atoms with van der Waals surface area (Å²) in [7, 11) is 0. The Bertz CT molecular complexity index is 1370. The van der Waals surface area contributed by atoms with Crippen molar-refractivity contribution in [2.45, 2.75) is 51.6 Å². The maximum Gasteiger partial charge on any atom is 0.282 e. The summed E-state index contributed by atoms with van der Waals surface area (Å²) in [6.07, 6.45) is 7.35. The van der Waals surface area contributed by atoms with Gasteiger partial charge in [-0.3, -0.25) is 4.79 Å². The van der Waals surface area contributed by atoms with Gasteiger partial charge in [0.15, 0.2) is 0 Å². The Kier molecular flexibility index (Phi) is 6.52. The van der Waals surface area contributed by atoms with E-state index >= 15 is 0 Å². The first-order valence-corrected chi connectivity index (χ1v) is 12.0. The van der Waals surface area contributed by atoms with E-state index in [4.69, 9.17) is 9.72 Å². The number of para-hydroxylation sites is 2. The lowest BCUT2D eigenvalue weighted by Crippen LogP contribution is -2.25. The summed E-state index contributed by atoms with van der Waals surface area (Å²) in [5.41, 5.74) is 3.76. The Morgan fingerprint density at radius 1 is 0.971 bits per heavy atom. The smallest absolute Gasteiger partial charge is 0.282 e. The molecule has 5 rings (SSSR count). The minimum Gasteiger partial charge on any atom is -0.488 e. The Hall–Kier alpha value is -3.73. The minimum absolute atomic E-state index is 0.125. The Balaban J connectivity index is 1.49. The van der Waals surface area contributed by atoms with Crippen LogP contribution in [0.2, 0.25) is 0 Å². The summed E-state index contributed by atoms with van der Waals surface area (Å²) in [4.78, 5) is 18.3. The number of nitrogens with zero attached hydrogens (tertiary/aromatic N) is 3. The highest BCUT2D eigenvalue weighted by Gasteiger charge is 2.22. The second-order valence-corrected chi connectivity index (χ2v) is 9.00. The molecule has 5 heteroatoms. The van der Waals surface area contributed by atoms with Gasteiger partial charge in [0, 0.05) is 11.5 Å². The van der Waals surface area contributed by atoms with Crippen LogP contribution in [0.15, 0.2) is 82.7 Å². The molecular weight excluding hydrogens is 422 g/mol. The molecule has 5 nitrogen and oxygen atoms in total. The molecule has 1 aliphatic carbocycles. The van der Waals surface area contributed by atoms with Gasteiger partial charge in [-0.2, -0.15) is 9.78 Å². The summed E-state index contributed by atoms with van der Waals surface area (Å²) < 4.78 is 7.61. The van der Waals surface area contributed by atoms with E-state index < -0.39 is 0 Å². The van der Waals surface area contributed by atoms with Crippen molar-refractivity contribution < 1.29 is 4.74 Å². The van der Waals surface area contributed by atoms with Gasteiger partial charge < -0.3 is 4.74 Å². The van der Waals surface area contributed by atoms with E-state index in [1.54, 1.807) is 6.21 Å². The standard InChI is InChI=1S/C29H29N3O2/c1-21-15-17-22(18-16-21)20-34-27-14-8-5-11-24(27)19-30-32-28(23-9-3-2-4-10-23)31-26-13-7-6-12-25(26)29(32)33/h5-8,11-19,23H,2-4,9-10,20H2,1H3. The van der Waals surface area contributed by atoms with Crippen LogP contribution in [-0.4, -0.2) is 15.9 Å². The molecule has 4 aromatic rings. The van der Waals surface area contributed by atoms with Crippen LogP contribution in [0, 0.1) is 6.92 Å². The van der Waals surface area contributed by atoms with Crippen molar-refractivity contribution in [1.82, 2.24) is 9.66 Å². The maximum absolute atomic E-state index is 13.4. The number of fused-ring (bicyclic) bond motifs is 1. The van der Waals surface area contributed by atoms with Crippen LogP contribution in [0.5, 0.6) is 5.75 Å². The summed E-state index contributed by atoms with van der Waals surface area (Å²) in [6, 6.07) is 23.6.